The lowest BCUT2D eigenvalue weighted by Crippen LogP contribution is -2.29. The van der Waals surface area contributed by atoms with Crippen LogP contribution in [0.25, 0.3) is 0 Å². The highest BCUT2D eigenvalue weighted by molar-refractivity contribution is 14.1. The number of carbonyl (C=O) groups is 2. The number of nitrogens with zero attached hydrogens (tertiary/aromatic N) is 1. The van der Waals surface area contributed by atoms with Gasteiger partial charge in [-0.15, -0.1) is 0 Å². The fourth-order valence-corrected chi connectivity index (χ4v) is 1.95. The van der Waals surface area contributed by atoms with E-state index in [2.05, 4.69) is 22.6 Å². The lowest BCUT2D eigenvalue weighted by atomic mass is 10.2. The van der Waals surface area contributed by atoms with Crippen molar-refractivity contribution in [3.63, 3.8) is 0 Å². The van der Waals surface area contributed by atoms with Gasteiger partial charge < -0.3 is 0 Å². The van der Waals surface area contributed by atoms with Crippen molar-refractivity contribution in [3.05, 3.63) is 0 Å². The molecule has 0 aromatic carbocycles. The fourth-order valence-electron chi connectivity index (χ4n) is 1.41. The van der Waals surface area contributed by atoms with Crippen molar-refractivity contribution in [1.29, 1.82) is 0 Å². The summed E-state index contributed by atoms with van der Waals surface area (Å²) in [7, 11) is 0. The second-order valence-corrected chi connectivity index (χ2v) is 4.60. The number of hydrogen-bond acceptors (Lipinski definition) is 3. The van der Waals surface area contributed by atoms with Crippen LogP contribution in [0.4, 0.5) is 0 Å². The van der Waals surface area contributed by atoms with Crippen molar-refractivity contribution in [1.82, 2.24) is 5.06 Å². The van der Waals surface area contributed by atoms with E-state index in [0.29, 0.717) is 19.4 Å². The van der Waals surface area contributed by atoms with Crippen LogP contribution in [0.1, 0.15) is 38.5 Å². The van der Waals surface area contributed by atoms with Gasteiger partial charge in [-0.1, -0.05) is 35.4 Å². The van der Waals surface area contributed by atoms with Gasteiger partial charge in [-0.05, 0) is 17.3 Å². The molecule has 5 heteroatoms. The van der Waals surface area contributed by atoms with E-state index < -0.39 is 0 Å². The summed E-state index contributed by atoms with van der Waals surface area (Å²) in [6.45, 7) is 0.471. The number of hydrogen-bond donors (Lipinski definition) is 0. The third-order valence-electron chi connectivity index (χ3n) is 2.25. The summed E-state index contributed by atoms with van der Waals surface area (Å²) in [6.07, 6.45) is 5.02. The monoisotopic (exact) mass is 325 g/mol. The number of unbranched alkanes of at least 4 members (excludes halogenated alkanes) is 3. The van der Waals surface area contributed by atoms with Crippen LogP contribution in [-0.4, -0.2) is 27.9 Å². The number of halogens is 1. The topological polar surface area (TPSA) is 46.6 Å². The Kier molecular flexibility index (Phi) is 6.16. The van der Waals surface area contributed by atoms with E-state index in [1.54, 1.807) is 0 Å². The Hall–Kier alpha value is -0.170. The average Bonchev–Trinajstić information content (AvgIpc) is 2.54. The molecule has 15 heavy (non-hydrogen) atoms. The summed E-state index contributed by atoms with van der Waals surface area (Å²) in [5.74, 6) is -0.403. The minimum Gasteiger partial charge on any atom is -0.272 e. The number of amides is 2. The zero-order valence-electron chi connectivity index (χ0n) is 8.71. The van der Waals surface area contributed by atoms with Crippen molar-refractivity contribution in [3.8, 4) is 0 Å². The van der Waals surface area contributed by atoms with E-state index in [1.165, 1.54) is 17.3 Å². The summed E-state index contributed by atoms with van der Waals surface area (Å²) in [5, 5.41) is 0.929. The Morgan fingerprint density at radius 1 is 1.07 bits per heavy atom. The van der Waals surface area contributed by atoms with Gasteiger partial charge in [0.1, 0.15) is 0 Å². The normalized spacial score (nSPS) is 16.5. The van der Waals surface area contributed by atoms with Gasteiger partial charge >= 0.3 is 0 Å². The number of alkyl halides is 1. The van der Waals surface area contributed by atoms with E-state index in [-0.39, 0.29) is 11.8 Å². The van der Waals surface area contributed by atoms with Crippen molar-refractivity contribution >= 4 is 34.4 Å². The quantitative estimate of drug-likeness (QED) is 0.312. The molecular weight excluding hydrogens is 309 g/mol. The molecule has 1 fully saturated rings. The van der Waals surface area contributed by atoms with Gasteiger partial charge in [-0.25, -0.2) is 0 Å². The zero-order chi connectivity index (χ0) is 11.1. The van der Waals surface area contributed by atoms with E-state index in [0.717, 1.165) is 17.9 Å². The Balaban J connectivity index is 2.04. The Morgan fingerprint density at radius 3 is 2.27 bits per heavy atom. The highest BCUT2D eigenvalue weighted by atomic mass is 127. The smallest absolute Gasteiger partial charge is 0.253 e. The summed E-state index contributed by atoms with van der Waals surface area (Å²) >= 11 is 2.36. The lowest BCUT2D eigenvalue weighted by molar-refractivity contribution is -0.187. The van der Waals surface area contributed by atoms with Gasteiger partial charge in [0.2, 0.25) is 0 Å². The van der Waals surface area contributed by atoms with Gasteiger partial charge in [0, 0.05) is 12.8 Å². The molecule has 0 aliphatic carbocycles. The maximum Gasteiger partial charge on any atom is 0.253 e. The molecule has 1 rings (SSSR count). The first kappa shape index (κ1) is 12.9. The molecule has 0 bridgehead atoms. The standard InChI is InChI=1S/C10H16INO3/c11-7-3-1-2-4-8-15-12-9(13)5-6-10(12)14/h1-8H2. The van der Waals surface area contributed by atoms with Gasteiger partial charge in [0.25, 0.3) is 11.8 Å². The van der Waals surface area contributed by atoms with E-state index in [4.69, 9.17) is 4.84 Å². The minimum absolute atomic E-state index is 0.202. The van der Waals surface area contributed by atoms with Crippen molar-refractivity contribution in [2.24, 2.45) is 0 Å². The summed E-state index contributed by atoms with van der Waals surface area (Å²) in [4.78, 5) is 27.4. The third kappa shape index (κ3) is 4.46. The number of carbonyl (C=O) groups excluding carboxylic acids is 2. The Morgan fingerprint density at radius 2 is 1.67 bits per heavy atom. The molecule has 0 aromatic heterocycles. The van der Waals surface area contributed by atoms with Crippen LogP contribution in [0.2, 0.25) is 0 Å². The molecular formula is C10H16INO3. The highest BCUT2D eigenvalue weighted by Gasteiger charge is 2.29. The number of rotatable bonds is 7. The van der Waals surface area contributed by atoms with Gasteiger partial charge in [0.15, 0.2) is 0 Å². The molecule has 0 spiro atoms. The van der Waals surface area contributed by atoms with E-state index in [1.807, 2.05) is 0 Å². The van der Waals surface area contributed by atoms with Crippen LogP contribution in [0.3, 0.4) is 0 Å². The van der Waals surface area contributed by atoms with Crippen LogP contribution in [0, 0.1) is 0 Å². The van der Waals surface area contributed by atoms with Gasteiger partial charge in [-0.2, -0.15) is 5.06 Å². The van der Waals surface area contributed by atoms with Crippen molar-refractivity contribution < 1.29 is 14.4 Å². The number of imide groups is 1. The third-order valence-corrected chi connectivity index (χ3v) is 3.02. The molecule has 0 atom stereocenters. The second-order valence-electron chi connectivity index (χ2n) is 3.52. The molecule has 2 amide bonds. The first-order valence-electron chi connectivity index (χ1n) is 5.30. The molecule has 0 N–H and O–H groups in total. The first-order chi connectivity index (χ1) is 7.25. The predicted octanol–water partition coefficient (Wildman–Crippen LogP) is 2.06. The zero-order valence-corrected chi connectivity index (χ0v) is 10.9. The molecule has 86 valence electrons. The van der Waals surface area contributed by atoms with Crippen LogP contribution < -0.4 is 0 Å². The molecule has 0 aromatic rings. The molecule has 1 saturated heterocycles. The maximum absolute atomic E-state index is 11.1. The van der Waals surface area contributed by atoms with Crippen molar-refractivity contribution in [2.75, 3.05) is 11.0 Å². The molecule has 0 radical (unpaired) electrons. The number of hydroxylamine groups is 2. The summed E-state index contributed by atoms with van der Waals surface area (Å²) in [5.41, 5.74) is 0. The summed E-state index contributed by atoms with van der Waals surface area (Å²) in [6, 6.07) is 0. The Bertz CT molecular complexity index is 217. The van der Waals surface area contributed by atoms with E-state index >= 15 is 0 Å². The first-order valence-corrected chi connectivity index (χ1v) is 6.83. The molecule has 1 heterocycles. The molecule has 1 aliphatic rings. The molecule has 4 nitrogen and oxygen atoms in total. The highest BCUT2D eigenvalue weighted by Crippen LogP contribution is 2.12. The van der Waals surface area contributed by atoms with Crippen LogP contribution in [-0.2, 0) is 14.4 Å². The molecule has 1 aliphatic heterocycles. The molecule has 0 saturated carbocycles. The second kappa shape index (κ2) is 7.16. The van der Waals surface area contributed by atoms with E-state index in [9.17, 15) is 9.59 Å². The minimum atomic E-state index is -0.202. The van der Waals surface area contributed by atoms with Crippen LogP contribution in [0.5, 0.6) is 0 Å². The van der Waals surface area contributed by atoms with Gasteiger partial charge in [-0.3, -0.25) is 14.4 Å². The van der Waals surface area contributed by atoms with Crippen molar-refractivity contribution in [2.45, 2.75) is 38.5 Å². The van der Waals surface area contributed by atoms with Gasteiger partial charge in [0.05, 0.1) is 6.61 Å². The van der Waals surface area contributed by atoms with Crippen LogP contribution >= 0.6 is 22.6 Å². The van der Waals surface area contributed by atoms with Crippen LogP contribution in [0.15, 0.2) is 0 Å². The largest absolute Gasteiger partial charge is 0.272 e. The summed E-state index contributed by atoms with van der Waals surface area (Å²) < 4.78 is 1.18. The fraction of sp³-hybridized carbons (Fsp3) is 0.800. The predicted molar refractivity (Wildman–Crippen MR) is 64.4 cm³/mol. The lowest BCUT2D eigenvalue weighted by Gasteiger charge is -2.12. The maximum atomic E-state index is 11.1. The average molecular weight is 325 g/mol. The molecule has 0 unspecified atom stereocenters. The SMILES string of the molecule is O=C1CCC(=O)N1OCCCCCCI. The Labute approximate surface area is 103 Å².